The van der Waals surface area contributed by atoms with Crippen molar-refractivity contribution >= 4 is 17.3 Å². The third kappa shape index (κ3) is 3.36. The largest absolute Gasteiger partial charge is 0.495 e. The van der Waals surface area contributed by atoms with E-state index in [1.54, 1.807) is 7.11 Å². The highest BCUT2D eigenvalue weighted by Gasteiger charge is 2.25. The number of halogens is 1. The molecule has 0 heterocycles. The number of anilines is 1. The van der Waals surface area contributed by atoms with Crippen LogP contribution in [0.25, 0.3) is 0 Å². The van der Waals surface area contributed by atoms with E-state index in [0.717, 1.165) is 33.9 Å². The first-order valence-electron chi connectivity index (χ1n) is 7.12. The average Bonchev–Trinajstić information content (AvgIpc) is 2.38. The summed E-state index contributed by atoms with van der Waals surface area (Å²) in [6.07, 6.45) is 3.76. The number of methoxy groups -OCH3 is 1. The summed E-state index contributed by atoms with van der Waals surface area (Å²) in [6.45, 7) is 6.73. The second-order valence-corrected chi connectivity index (χ2v) is 6.32. The van der Waals surface area contributed by atoms with Gasteiger partial charge in [0.15, 0.2) is 0 Å². The predicted molar refractivity (Wildman–Crippen MR) is 82.3 cm³/mol. The van der Waals surface area contributed by atoms with Gasteiger partial charge in [0.2, 0.25) is 0 Å². The van der Waals surface area contributed by atoms with Crippen molar-refractivity contribution in [2.75, 3.05) is 12.4 Å². The van der Waals surface area contributed by atoms with Gasteiger partial charge in [0.25, 0.3) is 0 Å². The van der Waals surface area contributed by atoms with E-state index in [2.05, 4.69) is 25.2 Å². The Kier molecular flexibility index (Phi) is 4.62. The fraction of sp³-hybridized carbons (Fsp3) is 0.625. The van der Waals surface area contributed by atoms with Crippen LogP contribution in [0.3, 0.4) is 0 Å². The molecule has 1 aliphatic rings. The zero-order valence-electron chi connectivity index (χ0n) is 12.3. The van der Waals surface area contributed by atoms with Crippen molar-refractivity contribution in [2.45, 2.75) is 46.1 Å². The number of benzene rings is 1. The highest BCUT2D eigenvalue weighted by Crippen LogP contribution is 2.35. The van der Waals surface area contributed by atoms with Crippen molar-refractivity contribution < 1.29 is 4.74 Å². The summed E-state index contributed by atoms with van der Waals surface area (Å²) >= 11 is 6.14. The van der Waals surface area contributed by atoms with Gasteiger partial charge in [-0.25, -0.2) is 0 Å². The number of hydrogen-bond donors (Lipinski definition) is 1. The minimum absolute atomic E-state index is 0.542. The molecule has 2 rings (SSSR count). The number of ether oxygens (including phenoxy) is 1. The van der Waals surface area contributed by atoms with Gasteiger partial charge < -0.3 is 10.1 Å². The summed E-state index contributed by atoms with van der Waals surface area (Å²) in [7, 11) is 1.69. The molecule has 2 nitrogen and oxygen atoms in total. The molecule has 3 atom stereocenters. The highest BCUT2D eigenvalue weighted by molar-refractivity contribution is 6.31. The lowest BCUT2D eigenvalue weighted by atomic mass is 9.79. The zero-order chi connectivity index (χ0) is 14.0. The van der Waals surface area contributed by atoms with E-state index >= 15 is 0 Å². The Balaban J connectivity index is 2.12. The van der Waals surface area contributed by atoms with Crippen LogP contribution in [0.1, 0.15) is 38.7 Å². The van der Waals surface area contributed by atoms with Crippen LogP contribution in [0.5, 0.6) is 5.75 Å². The van der Waals surface area contributed by atoms with Gasteiger partial charge in [0.05, 0.1) is 12.8 Å². The van der Waals surface area contributed by atoms with Gasteiger partial charge in [-0.1, -0.05) is 25.4 Å². The molecule has 1 N–H and O–H groups in total. The molecule has 0 aliphatic heterocycles. The molecule has 3 unspecified atom stereocenters. The number of rotatable bonds is 3. The minimum atomic E-state index is 0.542. The van der Waals surface area contributed by atoms with E-state index in [1.165, 1.54) is 19.3 Å². The van der Waals surface area contributed by atoms with Crippen LogP contribution in [-0.4, -0.2) is 13.2 Å². The molecule has 1 fully saturated rings. The number of hydrogen-bond acceptors (Lipinski definition) is 2. The maximum absolute atomic E-state index is 6.14. The summed E-state index contributed by atoms with van der Waals surface area (Å²) in [6, 6.07) is 4.53. The van der Waals surface area contributed by atoms with Crippen molar-refractivity contribution in [3.8, 4) is 5.75 Å². The van der Waals surface area contributed by atoms with E-state index in [1.807, 2.05) is 13.0 Å². The summed E-state index contributed by atoms with van der Waals surface area (Å²) in [4.78, 5) is 0. The molecule has 0 radical (unpaired) electrons. The van der Waals surface area contributed by atoms with E-state index in [-0.39, 0.29) is 0 Å². The third-order valence-electron chi connectivity index (χ3n) is 4.44. The van der Waals surface area contributed by atoms with Gasteiger partial charge in [0, 0.05) is 17.1 Å². The molecule has 1 aliphatic carbocycles. The van der Waals surface area contributed by atoms with Crippen molar-refractivity contribution in [3.05, 3.63) is 22.7 Å². The van der Waals surface area contributed by atoms with E-state index in [9.17, 15) is 0 Å². The standard InChI is InChI=1S/C16H24ClNO/c1-10-5-6-13(7-11(10)2)18-15-8-12(3)14(17)9-16(15)19-4/h8-11,13,18H,5-7H2,1-4H3. The second kappa shape index (κ2) is 6.04. The molecule has 0 bridgehead atoms. The Labute approximate surface area is 121 Å². The van der Waals surface area contributed by atoms with Crippen LogP contribution in [0.4, 0.5) is 5.69 Å². The fourth-order valence-corrected chi connectivity index (χ4v) is 3.00. The van der Waals surface area contributed by atoms with Crippen molar-refractivity contribution in [3.63, 3.8) is 0 Å². The van der Waals surface area contributed by atoms with Gasteiger partial charge in [-0.2, -0.15) is 0 Å². The molecule has 106 valence electrons. The highest BCUT2D eigenvalue weighted by atomic mass is 35.5. The number of nitrogens with one attached hydrogen (secondary N) is 1. The van der Waals surface area contributed by atoms with Crippen LogP contribution in [-0.2, 0) is 0 Å². The minimum Gasteiger partial charge on any atom is -0.495 e. The lowest BCUT2D eigenvalue weighted by Gasteiger charge is -2.33. The van der Waals surface area contributed by atoms with Crippen LogP contribution < -0.4 is 10.1 Å². The van der Waals surface area contributed by atoms with Crippen LogP contribution in [0.15, 0.2) is 12.1 Å². The second-order valence-electron chi connectivity index (χ2n) is 5.91. The molecule has 3 heteroatoms. The van der Waals surface area contributed by atoms with Gasteiger partial charge in [0.1, 0.15) is 5.75 Å². The summed E-state index contributed by atoms with van der Waals surface area (Å²) in [5.41, 5.74) is 2.15. The normalized spacial score (nSPS) is 27.1. The van der Waals surface area contributed by atoms with Crippen molar-refractivity contribution in [1.29, 1.82) is 0 Å². The van der Waals surface area contributed by atoms with Crippen LogP contribution in [0, 0.1) is 18.8 Å². The molecule has 1 aromatic carbocycles. The molecule has 1 saturated carbocycles. The quantitative estimate of drug-likeness (QED) is 0.851. The molecule has 19 heavy (non-hydrogen) atoms. The van der Waals surface area contributed by atoms with Gasteiger partial charge in [-0.15, -0.1) is 0 Å². The Hall–Kier alpha value is -0.890. The molecule has 1 aromatic rings. The van der Waals surface area contributed by atoms with E-state index in [4.69, 9.17) is 16.3 Å². The fourth-order valence-electron chi connectivity index (χ4n) is 2.84. The van der Waals surface area contributed by atoms with E-state index < -0.39 is 0 Å². The van der Waals surface area contributed by atoms with Crippen molar-refractivity contribution in [2.24, 2.45) is 11.8 Å². The Morgan fingerprint density at radius 2 is 1.95 bits per heavy atom. The average molecular weight is 282 g/mol. The maximum Gasteiger partial charge on any atom is 0.143 e. The van der Waals surface area contributed by atoms with E-state index in [0.29, 0.717) is 6.04 Å². The summed E-state index contributed by atoms with van der Waals surface area (Å²) in [5.74, 6) is 2.46. The SMILES string of the molecule is COc1cc(Cl)c(C)cc1NC1CCC(C)C(C)C1. The predicted octanol–water partition coefficient (Wildman–Crippen LogP) is 4.89. The summed E-state index contributed by atoms with van der Waals surface area (Å²) in [5, 5.41) is 4.39. The van der Waals surface area contributed by atoms with Crippen molar-refractivity contribution in [1.82, 2.24) is 0 Å². The first kappa shape index (κ1) is 14.5. The van der Waals surface area contributed by atoms with Crippen LogP contribution in [0.2, 0.25) is 5.02 Å². The molecule has 0 amide bonds. The molecular weight excluding hydrogens is 258 g/mol. The Morgan fingerprint density at radius 3 is 2.58 bits per heavy atom. The van der Waals surface area contributed by atoms with Gasteiger partial charge in [-0.05, 0) is 49.7 Å². The number of aryl methyl sites for hydroxylation is 1. The van der Waals surface area contributed by atoms with Crippen LogP contribution >= 0.6 is 11.6 Å². The first-order chi connectivity index (χ1) is 9.01. The summed E-state index contributed by atoms with van der Waals surface area (Å²) < 4.78 is 5.42. The molecule has 0 saturated heterocycles. The topological polar surface area (TPSA) is 21.3 Å². The Morgan fingerprint density at radius 1 is 1.21 bits per heavy atom. The zero-order valence-corrected chi connectivity index (χ0v) is 13.1. The lowest BCUT2D eigenvalue weighted by molar-refractivity contribution is 0.260. The van der Waals surface area contributed by atoms with Gasteiger partial charge >= 0.3 is 0 Å². The molecular formula is C16H24ClNO. The van der Waals surface area contributed by atoms with Gasteiger partial charge in [-0.3, -0.25) is 0 Å². The maximum atomic E-state index is 6.14. The molecule has 0 spiro atoms. The third-order valence-corrected chi connectivity index (χ3v) is 4.85. The monoisotopic (exact) mass is 281 g/mol. The lowest BCUT2D eigenvalue weighted by Crippen LogP contribution is -2.30. The molecule has 0 aromatic heterocycles. The first-order valence-corrected chi connectivity index (χ1v) is 7.49. The Bertz CT molecular complexity index is 447. The smallest absolute Gasteiger partial charge is 0.143 e.